The maximum atomic E-state index is 9.88. The first-order valence-electron chi connectivity index (χ1n) is 7.22. The Morgan fingerprint density at radius 1 is 1.20 bits per heavy atom. The van der Waals surface area contributed by atoms with Crippen molar-refractivity contribution in [1.82, 2.24) is 5.32 Å². The van der Waals surface area contributed by atoms with Crippen LogP contribution in [-0.4, -0.2) is 44.6 Å². The van der Waals surface area contributed by atoms with Gasteiger partial charge in [-0.15, -0.1) is 0 Å². The smallest absolute Gasteiger partial charge is 0.125 e. The Labute approximate surface area is 122 Å². The summed E-state index contributed by atoms with van der Waals surface area (Å²) in [4.78, 5) is 0. The van der Waals surface area contributed by atoms with Gasteiger partial charge in [-0.2, -0.15) is 0 Å². The Morgan fingerprint density at radius 3 is 2.55 bits per heavy atom. The monoisotopic (exact) mass is 281 g/mol. The highest BCUT2D eigenvalue weighted by atomic mass is 16.5. The van der Waals surface area contributed by atoms with Crippen LogP contribution in [0, 0.1) is 13.8 Å². The van der Waals surface area contributed by atoms with E-state index in [1.807, 2.05) is 32.0 Å². The van der Waals surface area contributed by atoms with Crippen molar-refractivity contribution in [2.24, 2.45) is 0 Å². The molecule has 1 aromatic carbocycles. The third-order valence-electron chi connectivity index (χ3n) is 3.16. The van der Waals surface area contributed by atoms with E-state index >= 15 is 0 Å². The number of benzene rings is 1. The molecule has 0 saturated carbocycles. The lowest BCUT2D eigenvalue weighted by molar-refractivity contribution is 0.105. The number of methoxy groups -OCH3 is 1. The molecule has 20 heavy (non-hydrogen) atoms. The number of hydrogen-bond donors (Lipinski definition) is 2. The minimum atomic E-state index is -0.489. The highest BCUT2D eigenvalue weighted by molar-refractivity contribution is 5.39. The highest BCUT2D eigenvalue weighted by Crippen LogP contribution is 2.22. The van der Waals surface area contributed by atoms with E-state index in [-0.39, 0.29) is 0 Å². The van der Waals surface area contributed by atoms with Crippen molar-refractivity contribution in [3.63, 3.8) is 0 Å². The molecular weight excluding hydrogens is 254 g/mol. The minimum Gasteiger partial charge on any atom is -0.490 e. The molecule has 0 aliphatic carbocycles. The zero-order valence-electron chi connectivity index (χ0n) is 12.8. The van der Waals surface area contributed by atoms with Crippen LogP contribution in [0.15, 0.2) is 18.2 Å². The van der Waals surface area contributed by atoms with Crippen LogP contribution in [0.25, 0.3) is 0 Å². The van der Waals surface area contributed by atoms with Gasteiger partial charge >= 0.3 is 0 Å². The van der Waals surface area contributed by atoms with Gasteiger partial charge in [0.2, 0.25) is 0 Å². The summed E-state index contributed by atoms with van der Waals surface area (Å²) in [6, 6.07) is 6.04. The second-order valence-electron chi connectivity index (χ2n) is 5.09. The fraction of sp³-hybridized carbons (Fsp3) is 0.625. The Balaban J connectivity index is 2.18. The maximum Gasteiger partial charge on any atom is 0.125 e. The van der Waals surface area contributed by atoms with Crippen molar-refractivity contribution in [2.45, 2.75) is 32.8 Å². The van der Waals surface area contributed by atoms with Crippen molar-refractivity contribution < 1.29 is 14.6 Å². The first-order valence-corrected chi connectivity index (χ1v) is 7.22. The zero-order valence-corrected chi connectivity index (χ0v) is 12.8. The largest absolute Gasteiger partial charge is 0.490 e. The number of nitrogens with one attached hydrogen (secondary N) is 1. The number of aliphatic hydroxyl groups excluding tert-OH is 1. The molecule has 0 aromatic heterocycles. The fourth-order valence-electron chi connectivity index (χ4n) is 2.03. The van der Waals surface area contributed by atoms with E-state index in [1.165, 1.54) is 0 Å². The summed E-state index contributed by atoms with van der Waals surface area (Å²) in [7, 11) is 1.71. The molecular formula is C16H27NO3. The van der Waals surface area contributed by atoms with Crippen LogP contribution >= 0.6 is 0 Å². The molecule has 0 radical (unpaired) electrons. The Bertz CT molecular complexity index is 362. The van der Waals surface area contributed by atoms with Crippen LogP contribution in [0.4, 0.5) is 0 Å². The van der Waals surface area contributed by atoms with Gasteiger partial charge in [0.25, 0.3) is 0 Å². The van der Waals surface area contributed by atoms with Gasteiger partial charge in [0, 0.05) is 20.3 Å². The summed E-state index contributed by atoms with van der Waals surface area (Å²) in [5.74, 6) is 0.881. The van der Waals surface area contributed by atoms with E-state index in [9.17, 15) is 5.11 Å². The van der Waals surface area contributed by atoms with Crippen molar-refractivity contribution in [1.29, 1.82) is 0 Å². The standard InChI is InChI=1S/C16H27NO3/c1-13-7-6-8-14(2)16(13)20-12-15(18)11-17-9-4-5-10-19-3/h6-8,15,17-18H,4-5,9-12H2,1-3H3. The Kier molecular flexibility index (Phi) is 8.26. The van der Waals surface area contributed by atoms with E-state index in [0.717, 1.165) is 42.9 Å². The van der Waals surface area contributed by atoms with Gasteiger partial charge in [-0.3, -0.25) is 0 Å². The lowest BCUT2D eigenvalue weighted by Crippen LogP contribution is -2.32. The summed E-state index contributed by atoms with van der Waals surface area (Å²) in [6.07, 6.45) is 1.60. The summed E-state index contributed by atoms with van der Waals surface area (Å²) >= 11 is 0. The summed E-state index contributed by atoms with van der Waals surface area (Å²) in [5.41, 5.74) is 2.20. The molecule has 1 atom stereocenters. The highest BCUT2D eigenvalue weighted by Gasteiger charge is 2.08. The molecule has 1 rings (SSSR count). The summed E-state index contributed by atoms with van der Waals surface area (Å²) < 4.78 is 10.7. The molecule has 4 heteroatoms. The third kappa shape index (κ3) is 6.37. The molecule has 0 bridgehead atoms. The normalized spacial score (nSPS) is 12.4. The number of hydrogen-bond acceptors (Lipinski definition) is 4. The second kappa shape index (κ2) is 9.75. The molecule has 2 N–H and O–H groups in total. The molecule has 0 spiro atoms. The minimum absolute atomic E-state index is 0.316. The van der Waals surface area contributed by atoms with E-state index < -0.39 is 6.10 Å². The summed E-state index contributed by atoms with van der Waals surface area (Å²) in [5, 5.41) is 13.1. The predicted octanol–water partition coefficient (Wildman–Crippen LogP) is 2.06. The lowest BCUT2D eigenvalue weighted by atomic mass is 10.1. The van der Waals surface area contributed by atoms with Crippen molar-refractivity contribution in [3.8, 4) is 5.75 Å². The maximum absolute atomic E-state index is 9.88. The number of unbranched alkanes of at least 4 members (excludes halogenated alkanes) is 1. The second-order valence-corrected chi connectivity index (χ2v) is 5.09. The third-order valence-corrected chi connectivity index (χ3v) is 3.16. The number of rotatable bonds is 10. The quantitative estimate of drug-likeness (QED) is 0.645. The molecule has 4 nitrogen and oxygen atoms in total. The van der Waals surface area contributed by atoms with Crippen LogP contribution in [0.2, 0.25) is 0 Å². The first kappa shape index (κ1) is 17.0. The van der Waals surface area contributed by atoms with Crippen LogP contribution in [-0.2, 0) is 4.74 Å². The lowest BCUT2D eigenvalue weighted by Gasteiger charge is -2.16. The zero-order chi connectivity index (χ0) is 14.8. The first-order chi connectivity index (χ1) is 9.65. The van der Waals surface area contributed by atoms with Crippen molar-refractivity contribution in [3.05, 3.63) is 29.3 Å². The average Bonchev–Trinajstić information content (AvgIpc) is 2.42. The van der Waals surface area contributed by atoms with Gasteiger partial charge in [-0.05, 0) is 44.4 Å². The molecule has 0 heterocycles. The molecule has 0 amide bonds. The van der Waals surface area contributed by atoms with Crippen LogP contribution < -0.4 is 10.1 Å². The van der Waals surface area contributed by atoms with E-state index in [4.69, 9.17) is 9.47 Å². The Hall–Kier alpha value is -1.10. The SMILES string of the molecule is COCCCCNCC(O)COc1c(C)cccc1C. The average molecular weight is 281 g/mol. The van der Waals surface area contributed by atoms with Crippen LogP contribution in [0.1, 0.15) is 24.0 Å². The van der Waals surface area contributed by atoms with Gasteiger partial charge in [0.05, 0.1) is 0 Å². The van der Waals surface area contributed by atoms with Crippen LogP contribution in [0.3, 0.4) is 0 Å². The van der Waals surface area contributed by atoms with Gasteiger partial charge in [-0.1, -0.05) is 18.2 Å². The van der Waals surface area contributed by atoms with E-state index in [1.54, 1.807) is 7.11 Å². The molecule has 0 aliphatic heterocycles. The van der Waals surface area contributed by atoms with Gasteiger partial charge in [0.15, 0.2) is 0 Å². The number of aliphatic hydroxyl groups is 1. The number of para-hydroxylation sites is 1. The van der Waals surface area contributed by atoms with Crippen molar-refractivity contribution >= 4 is 0 Å². The van der Waals surface area contributed by atoms with Crippen molar-refractivity contribution in [2.75, 3.05) is 33.4 Å². The molecule has 0 aliphatic rings. The van der Waals surface area contributed by atoms with Gasteiger partial charge in [0.1, 0.15) is 18.5 Å². The molecule has 114 valence electrons. The van der Waals surface area contributed by atoms with E-state index in [0.29, 0.717) is 13.2 Å². The van der Waals surface area contributed by atoms with Crippen LogP contribution in [0.5, 0.6) is 5.75 Å². The predicted molar refractivity (Wildman–Crippen MR) is 81.4 cm³/mol. The fourth-order valence-corrected chi connectivity index (χ4v) is 2.03. The van der Waals surface area contributed by atoms with E-state index in [2.05, 4.69) is 5.32 Å². The topological polar surface area (TPSA) is 50.7 Å². The number of ether oxygens (including phenoxy) is 2. The molecule has 1 unspecified atom stereocenters. The van der Waals surface area contributed by atoms with Gasteiger partial charge < -0.3 is 19.9 Å². The molecule has 0 saturated heterocycles. The Morgan fingerprint density at radius 2 is 1.90 bits per heavy atom. The number of aryl methyl sites for hydroxylation is 2. The molecule has 1 aromatic rings. The van der Waals surface area contributed by atoms with Gasteiger partial charge in [-0.25, -0.2) is 0 Å². The molecule has 0 fully saturated rings. The summed E-state index contributed by atoms with van der Waals surface area (Å²) in [6.45, 7) is 6.59.